The molecule has 0 radical (unpaired) electrons. The number of aryl methyl sites for hydroxylation is 1. The summed E-state index contributed by atoms with van der Waals surface area (Å²) >= 11 is 0. The van der Waals surface area contributed by atoms with Crippen LogP contribution >= 0.6 is 0 Å². The molecule has 0 aromatic heterocycles. The largest absolute Gasteiger partial charge is 0.491 e. The van der Waals surface area contributed by atoms with Crippen LogP contribution in [0.15, 0.2) is 83.8 Å². The second-order valence-electron chi connectivity index (χ2n) is 6.95. The van der Waals surface area contributed by atoms with Crippen LogP contribution in [-0.4, -0.2) is 27.0 Å². The predicted octanol–water partition coefficient (Wildman–Crippen LogP) is 3.99. The number of rotatable bonds is 8. The minimum atomic E-state index is -3.82. The van der Waals surface area contributed by atoms with Crippen molar-refractivity contribution in [2.45, 2.75) is 24.8 Å². The Morgan fingerprint density at radius 2 is 1.67 bits per heavy atom. The van der Waals surface area contributed by atoms with Crippen molar-refractivity contribution in [1.82, 2.24) is 5.32 Å². The van der Waals surface area contributed by atoms with E-state index >= 15 is 0 Å². The maximum absolute atomic E-state index is 12.7. The average molecular weight is 425 g/mol. The zero-order valence-electron chi connectivity index (χ0n) is 16.8. The van der Waals surface area contributed by atoms with Gasteiger partial charge in [0.15, 0.2) is 0 Å². The summed E-state index contributed by atoms with van der Waals surface area (Å²) in [6.07, 6.45) is 0. The highest BCUT2D eigenvalue weighted by Crippen LogP contribution is 2.20. The summed E-state index contributed by atoms with van der Waals surface area (Å²) in [5, 5.41) is 2.82. The third-order valence-electron chi connectivity index (χ3n) is 4.42. The van der Waals surface area contributed by atoms with Crippen LogP contribution < -0.4 is 14.8 Å². The molecule has 0 fully saturated rings. The van der Waals surface area contributed by atoms with Gasteiger partial charge in [0.1, 0.15) is 12.4 Å². The van der Waals surface area contributed by atoms with Gasteiger partial charge in [0.05, 0.1) is 16.6 Å². The van der Waals surface area contributed by atoms with E-state index in [2.05, 4.69) is 10.0 Å². The normalized spacial score (nSPS) is 12.1. The third-order valence-corrected chi connectivity index (χ3v) is 5.78. The molecule has 0 saturated carbocycles. The van der Waals surface area contributed by atoms with Crippen LogP contribution in [0.5, 0.6) is 5.75 Å². The number of hydrogen-bond donors (Lipinski definition) is 2. The van der Waals surface area contributed by atoms with Gasteiger partial charge in [-0.2, -0.15) is 0 Å². The second kappa shape index (κ2) is 9.45. The average Bonchev–Trinajstić information content (AvgIpc) is 2.74. The molecule has 156 valence electrons. The van der Waals surface area contributed by atoms with Gasteiger partial charge in [-0.15, -0.1) is 0 Å². The van der Waals surface area contributed by atoms with E-state index in [4.69, 9.17) is 4.74 Å². The van der Waals surface area contributed by atoms with Crippen LogP contribution in [0.2, 0.25) is 0 Å². The molecule has 2 N–H and O–H groups in total. The monoisotopic (exact) mass is 424 g/mol. The summed E-state index contributed by atoms with van der Waals surface area (Å²) < 4.78 is 33.7. The molecule has 0 aliphatic rings. The van der Waals surface area contributed by atoms with Gasteiger partial charge in [-0.05, 0) is 55.8 Å². The van der Waals surface area contributed by atoms with E-state index in [1.54, 1.807) is 24.3 Å². The fourth-order valence-electron chi connectivity index (χ4n) is 2.78. The minimum absolute atomic E-state index is 0.0200. The lowest BCUT2D eigenvalue weighted by atomic mass is 10.2. The van der Waals surface area contributed by atoms with E-state index in [-0.39, 0.29) is 22.4 Å². The molecule has 0 unspecified atom stereocenters. The lowest BCUT2D eigenvalue weighted by Gasteiger charge is -2.16. The first-order valence-electron chi connectivity index (χ1n) is 9.52. The Labute approximate surface area is 177 Å². The molecule has 0 spiro atoms. The quantitative estimate of drug-likeness (QED) is 0.573. The minimum Gasteiger partial charge on any atom is -0.491 e. The van der Waals surface area contributed by atoms with E-state index < -0.39 is 10.0 Å². The van der Waals surface area contributed by atoms with Gasteiger partial charge in [-0.1, -0.05) is 42.5 Å². The summed E-state index contributed by atoms with van der Waals surface area (Å²) in [4.78, 5) is 12.6. The number of carbonyl (C=O) groups excluding carboxylic acids is 1. The molecule has 0 bridgehead atoms. The van der Waals surface area contributed by atoms with Gasteiger partial charge < -0.3 is 10.1 Å². The van der Waals surface area contributed by atoms with Gasteiger partial charge in [-0.25, -0.2) is 8.42 Å². The van der Waals surface area contributed by atoms with Crippen LogP contribution in [0.25, 0.3) is 0 Å². The first-order valence-corrected chi connectivity index (χ1v) is 11.0. The number of nitrogens with one attached hydrogen (secondary N) is 2. The Morgan fingerprint density at radius 1 is 0.967 bits per heavy atom. The Hall–Kier alpha value is -3.32. The molecule has 0 saturated heterocycles. The molecule has 0 heterocycles. The van der Waals surface area contributed by atoms with Crippen molar-refractivity contribution in [3.63, 3.8) is 0 Å². The Kier molecular flexibility index (Phi) is 6.74. The number of anilines is 1. The first kappa shape index (κ1) is 21.4. The number of benzene rings is 3. The lowest BCUT2D eigenvalue weighted by molar-refractivity contribution is 0.0926. The molecular weight excluding hydrogens is 400 g/mol. The number of hydrogen-bond acceptors (Lipinski definition) is 4. The molecule has 1 atom stereocenters. The van der Waals surface area contributed by atoms with Crippen molar-refractivity contribution >= 4 is 21.6 Å². The molecule has 30 heavy (non-hydrogen) atoms. The third kappa shape index (κ3) is 5.61. The molecular formula is C23H24N2O4S. The smallest absolute Gasteiger partial charge is 0.261 e. The summed E-state index contributed by atoms with van der Waals surface area (Å²) in [5.74, 6) is 0.348. The number of amides is 1. The van der Waals surface area contributed by atoms with Crippen LogP contribution in [0.1, 0.15) is 22.8 Å². The van der Waals surface area contributed by atoms with E-state index in [9.17, 15) is 13.2 Å². The van der Waals surface area contributed by atoms with Gasteiger partial charge in [0.2, 0.25) is 0 Å². The summed E-state index contributed by atoms with van der Waals surface area (Å²) in [5.41, 5.74) is 1.57. The van der Waals surface area contributed by atoms with Gasteiger partial charge in [0, 0.05) is 5.56 Å². The van der Waals surface area contributed by atoms with Gasteiger partial charge in [-0.3, -0.25) is 9.52 Å². The maximum atomic E-state index is 12.7. The molecule has 0 aliphatic carbocycles. The number of ether oxygens (including phenoxy) is 1. The molecule has 3 aromatic rings. The zero-order chi connectivity index (χ0) is 21.6. The fourth-order valence-corrected chi connectivity index (χ4v) is 3.96. The summed E-state index contributed by atoms with van der Waals surface area (Å²) in [6.45, 7) is 3.93. The van der Waals surface area contributed by atoms with E-state index in [1.807, 2.05) is 56.3 Å². The predicted molar refractivity (Wildman–Crippen MR) is 117 cm³/mol. The van der Waals surface area contributed by atoms with Gasteiger partial charge in [0.25, 0.3) is 15.9 Å². The first-order chi connectivity index (χ1) is 14.3. The van der Waals surface area contributed by atoms with Crippen LogP contribution in [0.4, 0.5) is 5.69 Å². The second-order valence-corrected chi connectivity index (χ2v) is 8.63. The van der Waals surface area contributed by atoms with Crippen molar-refractivity contribution in [2.75, 3.05) is 11.3 Å². The fraction of sp³-hybridized carbons (Fsp3) is 0.174. The highest BCUT2D eigenvalue weighted by Gasteiger charge is 2.18. The number of para-hydroxylation sites is 2. The van der Waals surface area contributed by atoms with Crippen molar-refractivity contribution in [1.29, 1.82) is 0 Å². The maximum Gasteiger partial charge on any atom is 0.261 e. The number of carbonyl (C=O) groups is 1. The highest BCUT2D eigenvalue weighted by molar-refractivity contribution is 7.92. The van der Waals surface area contributed by atoms with Crippen molar-refractivity contribution < 1.29 is 17.9 Å². The van der Waals surface area contributed by atoms with Gasteiger partial charge >= 0.3 is 0 Å². The van der Waals surface area contributed by atoms with Crippen molar-refractivity contribution in [3.8, 4) is 5.75 Å². The van der Waals surface area contributed by atoms with E-state index in [1.165, 1.54) is 12.1 Å². The molecule has 0 aliphatic heterocycles. The zero-order valence-corrected chi connectivity index (χ0v) is 17.6. The Balaban J connectivity index is 1.66. The summed E-state index contributed by atoms with van der Waals surface area (Å²) in [6, 6.07) is 22.1. The molecule has 1 amide bonds. The van der Waals surface area contributed by atoms with Crippen molar-refractivity contribution in [3.05, 3.63) is 90.0 Å². The SMILES string of the molecule is Cc1ccccc1NS(=O)(=O)c1cccc(C(=O)N[C@H](C)COc2ccccc2)c1. The molecule has 3 rings (SSSR count). The standard InChI is InChI=1S/C23H24N2O4S/c1-17-9-6-7-14-22(17)25-30(27,28)21-13-8-10-19(15-21)23(26)24-18(2)16-29-20-11-4-3-5-12-20/h3-15,18,25H,16H2,1-2H3,(H,24,26)/t18-/m1/s1. The molecule has 6 nitrogen and oxygen atoms in total. The van der Waals surface area contributed by atoms with Crippen LogP contribution in [-0.2, 0) is 10.0 Å². The molecule has 7 heteroatoms. The lowest BCUT2D eigenvalue weighted by Crippen LogP contribution is -2.36. The number of sulfonamides is 1. The molecule has 3 aromatic carbocycles. The summed E-state index contributed by atoms with van der Waals surface area (Å²) in [7, 11) is -3.82. The van der Waals surface area contributed by atoms with E-state index in [0.717, 1.165) is 5.56 Å². The Morgan fingerprint density at radius 3 is 2.40 bits per heavy atom. The highest BCUT2D eigenvalue weighted by atomic mass is 32.2. The van der Waals surface area contributed by atoms with Crippen molar-refractivity contribution in [2.24, 2.45) is 0 Å². The van der Waals surface area contributed by atoms with Crippen LogP contribution in [0.3, 0.4) is 0 Å². The Bertz CT molecular complexity index is 1110. The van der Waals surface area contributed by atoms with E-state index in [0.29, 0.717) is 18.0 Å². The topological polar surface area (TPSA) is 84.5 Å². The van der Waals surface area contributed by atoms with Crippen LogP contribution in [0, 0.1) is 6.92 Å².